The van der Waals surface area contributed by atoms with Crippen LogP contribution in [0.2, 0.25) is 0 Å². The first-order valence-electron chi connectivity index (χ1n) is 9.32. The number of hydrogen-bond acceptors (Lipinski definition) is 8. The SMILES string of the molecule is CCC(COP(OC)OCCSC(=O)C(C)(C)C)OC(C)n1ccc(=O)[nH]c1=O. The second-order valence-corrected chi connectivity index (χ2v) is 9.60. The van der Waals surface area contributed by atoms with Crippen LogP contribution in [0.25, 0.3) is 0 Å². The van der Waals surface area contributed by atoms with Gasteiger partial charge < -0.3 is 18.3 Å². The Labute approximate surface area is 176 Å². The fraction of sp³-hybridized carbons (Fsp3) is 0.722. The molecule has 1 N–H and O–H groups in total. The predicted molar refractivity (Wildman–Crippen MR) is 114 cm³/mol. The van der Waals surface area contributed by atoms with Crippen LogP contribution in [0.15, 0.2) is 21.9 Å². The van der Waals surface area contributed by atoms with Crippen molar-refractivity contribution in [1.29, 1.82) is 0 Å². The molecule has 0 spiro atoms. The number of carbonyl (C=O) groups excluding carboxylic acids is 1. The van der Waals surface area contributed by atoms with Gasteiger partial charge in [0.2, 0.25) is 0 Å². The minimum Gasteiger partial charge on any atom is -0.353 e. The van der Waals surface area contributed by atoms with Crippen LogP contribution >= 0.6 is 20.4 Å². The molecule has 1 aromatic rings. The van der Waals surface area contributed by atoms with Gasteiger partial charge in [0.05, 0.1) is 19.3 Å². The van der Waals surface area contributed by atoms with E-state index in [1.807, 2.05) is 27.7 Å². The van der Waals surface area contributed by atoms with Gasteiger partial charge in [-0.15, -0.1) is 0 Å². The molecule has 0 aliphatic carbocycles. The predicted octanol–water partition coefficient (Wildman–Crippen LogP) is 3.06. The van der Waals surface area contributed by atoms with Gasteiger partial charge in [0.25, 0.3) is 5.56 Å². The third-order valence-corrected chi connectivity index (χ3v) is 6.02. The first-order chi connectivity index (χ1) is 13.6. The van der Waals surface area contributed by atoms with Crippen LogP contribution in [0.3, 0.4) is 0 Å². The maximum absolute atomic E-state index is 11.9. The topological polar surface area (TPSA) is 109 Å². The highest BCUT2D eigenvalue weighted by atomic mass is 32.2. The van der Waals surface area contributed by atoms with E-state index in [9.17, 15) is 14.4 Å². The zero-order valence-electron chi connectivity index (χ0n) is 17.8. The number of nitrogens with one attached hydrogen (secondary N) is 1. The molecule has 0 fully saturated rings. The summed E-state index contributed by atoms with van der Waals surface area (Å²) < 4.78 is 23.6. The first kappa shape index (κ1) is 26.0. The molecule has 29 heavy (non-hydrogen) atoms. The Morgan fingerprint density at radius 1 is 1.31 bits per heavy atom. The van der Waals surface area contributed by atoms with Gasteiger partial charge in [-0.3, -0.25) is 19.1 Å². The zero-order valence-corrected chi connectivity index (χ0v) is 19.5. The van der Waals surface area contributed by atoms with Crippen molar-refractivity contribution in [2.75, 3.05) is 26.1 Å². The smallest absolute Gasteiger partial charge is 0.332 e. The molecule has 3 atom stereocenters. The summed E-state index contributed by atoms with van der Waals surface area (Å²) in [4.78, 5) is 37.1. The lowest BCUT2D eigenvalue weighted by atomic mass is 10.00. The molecule has 9 nitrogen and oxygen atoms in total. The van der Waals surface area contributed by atoms with Crippen molar-refractivity contribution in [2.45, 2.75) is 53.4 Å². The lowest BCUT2D eigenvalue weighted by Crippen LogP contribution is -2.33. The fourth-order valence-corrected chi connectivity index (χ4v) is 3.78. The third-order valence-electron chi connectivity index (χ3n) is 3.73. The number of aromatic amines is 1. The van der Waals surface area contributed by atoms with Gasteiger partial charge in [0, 0.05) is 30.5 Å². The maximum Gasteiger partial charge on any atom is 0.332 e. The standard InChI is InChI=1S/C18H31N2O7PS/c1-7-14(27-13(2)20-9-8-15(21)19-17(20)23)12-26-28(24-6)25-10-11-29-16(22)18(3,4)5/h8-9,13-14H,7,10-12H2,1-6H3,(H,19,21,23). The van der Waals surface area contributed by atoms with Crippen LogP contribution in [0.4, 0.5) is 0 Å². The Kier molecular flexibility index (Phi) is 11.3. The fourth-order valence-electron chi connectivity index (χ4n) is 2.06. The lowest BCUT2D eigenvalue weighted by molar-refractivity contribution is -0.117. The van der Waals surface area contributed by atoms with Crippen LogP contribution < -0.4 is 11.2 Å². The van der Waals surface area contributed by atoms with E-state index in [0.717, 1.165) is 0 Å². The normalized spacial score (nSPS) is 15.1. The highest BCUT2D eigenvalue weighted by molar-refractivity contribution is 8.13. The van der Waals surface area contributed by atoms with E-state index in [0.29, 0.717) is 18.8 Å². The van der Waals surface area contributed by atoms with Crippen LogP contribution in [-0.2, 0) is 23.1 Å². The highest BCUT2D eigenvalue weighted by Crippen LogP contribution is 2.39. The number of hydrogen-bond donors (Lipinski definition) is 1. The summed E-state index contributed by atoms with van der Waals surface area (Å²) >= 11 is 1.23. The second kappa shape index (κ2) is 12.6. The van der Waals surface area contributed by atoms with Crippen molar-refractivity contribution in [3.8, 4) is 0 Å². The average Bonchev–Trinajstić information content (AvgIpc) is 2.65. The minimum absolute atomic E-state index is 0.106. The number of rotatable bonds is 12. The third kappa shape index (κ3) is 9.55. The molecule has 1 aromatic heterocycles. The number of H-pyrrole nitrogens is 1. The van der Waals surface area contributed by atoms with Crippen LogP contribution in [0.1, 0.15) is 47.3 Å². The summed E-state index contributed by atoms with van der Waals surface area (Å²) in [6, 6.07) is 1.26. The first-order valence-corrected chi connectivity index (χ1v) is 11.4. The Bertz CT molecular complexity index is 747. The molecule has 0 aromatic carbocycles. The van der Waals surface area contributed by atoms with Crippen molar-refractivity contribution in [2.24, 2.45) is 5.41 Å². The van der Waals surface area contributed by atoms with Crippen molar-refractivity contribution < 1.29 is 23.1 Å². The molecular formula is C18H31N2O7PS. The molecule has 0 radical (unpaired) electrons. The molecule has 3 unspecified atom stereocenters. The monoisotopic (exact) mass is 450 g/mol. The molecule has 0 aliphatic heterocycles. The van der Waals surface area contributed by atoms with E-state index < -0.39 is 26.1 Å². The summed E-state index contributed by atoms with van der Waals surface area (Å²) in [6.07, 6.45) is 1.15. The largest absolute Gasteiger partial charge is 0.353 e. The molecular weight excluding hydrogens is 419 g/mol. The van der Waals surface area contributed by atoms with E-state index in [4.69, 9.17) is 18.3 Å². The molecule has 11 heteroatoms. The Hall–Kier alpha value is -1.03. The quantitative estimate of drug-likeness (QED) is 0.382. The lowest BCUT2D eigenvalue weighted by Gasteiger charge is -2.24. The summed E-state index contributed by atoms with van der Waals surface area (Å²) in [7, 11) is -0.0766. The summed E-state index contributed by atoms with van der Waals surface area (Å²) in [5.41, 5.74) is -1.38. The van der Waals surface area contributed by atoms with Gasteiger partial charge in [-0.05, 0) is 13.3 Å². The van der Waals surface area contributed by atoms with E-state index in [1.54, 1.807) is 6.92 Å². The van der Waals surface area contributed by atoms with Gasteiger partial charge >= 0.3 is 14.3 Å². The van der Waals surface area contributed by atoms with Crippen molar-refractivity contribution >= 4 is 25.5 Å². The Balaban J connectivity index is 2.45. The molecule has 166 valence electrons. The molecule has 0 bridgehead atoms. The molecule has 0 saturated carbocycles. The van der Waals surface area contributed by atoms with Crippen LogP contribution in [-0.4, -0.2) is 46.8 Å². The van der Waals surface area contributed by atoms with Gasteiger partial charge in [-0.1, -0.05) is 39.5 Å². The molecule has 0 aliphatic rings. The average molecular weight is 450 g/mol. The van der Waals surface area contributed by atoms with Gasteiger partial charge in [-0.2, -0.15) is 0 Å². The number of carbonyl (C=O) groups is 1. The second-order valence-electron chi connectivity index (χ2n) is 7.20. The van der Waals surface area contributed by atoms with E-state index in [1.165, 1.54) is 35.7 Å². The number of nitrogens with zero attached hydrogens (tertiary/aromatic N) is 1. The molecule has 1 heterocycles. The van der Waals surface area contributed by atoms with E-state index >= 15 is 0 Å². The molecule has 1 rings (SSSR count). The minimum atomic E-state index is -1.57. The van der Waals surface area contributed by atoms with Crippen molar-refractivity contribution in [3.05, 3.63) is 33.1 Å². The van der Waals surface area contributed by atoms with Gasteiger partial charge in [0.15, 0.2) is 5.12 Å². The van der Waals surface area contributed by atoms with Gasteiger partial charge in [-0.25, -0.2) is 4.79 Å². The maximum atomic E-state index is 11.9. The van der Waals surface area contributed by atoms with Gasteiger partial charge in [0.1, 0.15) is 6.23 Å². The Morgan fingerprint density at radius 3 is 2.55 bits per heavy atom. The highest BCUT2D eigenvalue weighted by Gasteiger charge is 2.22. The summed E-state index contributed by atoms with van der Waals surface area (Å²) in [6.45, 7) is 9.81. The van der Waals surface area contributed by atoms with E-state index in [2.05, 4.69) is 4.98 Å². The Morgan fingerprint density at radius 2 is 2.00 bits per heavy atom. The molecule has 0 amide bonds. The molecule has 0 saturated heterocycles. The summed E-state index contributed by atoms with van der Waals surface area (Å²) in [5, 5.41) is 0.106. The summed E-state index contributed by atoms with van der Waals surface area (Å²) in [5.74, 6) is 0.515. The van der Waals surface area contributed by atoms with Crippen molar-refractivity contribution in [3.63, 3.8) is 0 Å². The number of aromatic nitrogens is 2. The van der Waals surface area contributed by atoms with Crippen LogP contribution in [0, 0.1) is 5.41 Å². The zero-order chi connectivity index (χ0) is 22.0. The van der Waals surface area contributed by atoms with E-state index in [-0.39, 0.29) is 23.2 Å². The number of ether oxygens (including phenoxy) is 1. The number of thioether (sulfide) groups is 1. The van der Waals surface area contributed by atoms with Crippen LogP contribution in [0.5, 0.6) is 0 Å². The van der Waals surface area contributed by atoms with Crippen molar-refractivity contribution in [1.82, 2.24) is 9.55 Å².